The average Bonchev–Trinajstić information content (AvgIpc) is 2.91. The second kappa shape index (κ2) is 6.72. The fourth-order valence-corrected chi connectivity index (χ4v) is 2.58. The highest BCUT2D eigenvalue weighted by Crippen LogP contribution is 2.29. The van der Waals surface area contributed by atoms with Crippen molar-refractivity contribution in [3.8, 4) is 6.01 Å². The number of rotatable bonds is 6. The molecule has 112 valence electrons. The van der Waals surface area contributed by atoms with Crippen molar-refractivity contribution < 1.29 is 4.74 Å². The van der Waals surface area contributed by atoms with Crippen LogP contribution in [-0.2, 0) is 0 Å². The van der Waals surface area contributed by atoms with Gasteiger partial charge in [-0.2, -0.15) is 15.0 Å². The van der Waals surface area contributed by atoms with Crippen molar-refractivity contribution >= 4 is 11.9 Å². The first-order valence-corrected chi connectivity index (χ1v) is 7.45. The molecule has 0 aromatic carbocycles. The molecule has 1 atom stereocenters. The van der Waals surface area contributed by atoms with Crippen LogP contribution >= 0.6 is 0 Å². The van der Waals surface area contributed by atoms with Gasteiger partial charge in [0.2, 0.25) is 11.9 Å². The molecule has 20 heavy (non-hydrogen) atoms. The number of nitrogens with one attached hydrogen (secondary N) is 2. The van der Waals surface area contributed by atoms with Gasteiger partial charge in [0.1, 0.15) is 0 Å². The summed E-state index contributed by atoms with van der Waals surface area (Å²) in [5.41, 5.74) is 0. The second-order valence-electron chi connectivity index (χ2n) is 5.66. The maximum absolute atomic E-state index is 5.56. The zero-order valence-corrected chi connectivity index (χ0v) is 12.8. The molecule has 1 aromatic rings. The Morgan fingerprint density at radius 2 is 1.70 bits per heavy atom. The Kier molecular flexibility index (Phi) is 4.98. The molecule has 1 aliphatic carbocycles. The van der Waals surface area contributed by atoms with Crippen molar-refractivity contribution in [2.45, 2.75) is 58.6 Å². The molecule has 1 saturated carbocycles. The largest absolute Gasteiger partial charge is 0.461 e. The molecule has 0 amide bonds. The van der Waals surface area contributed by atoms with Gasteiger partial charge in [-0.3, -0.25) is 0 Å². The van der Waals surface area contributed by atoms with E-state index in [0.717, 1.165) is 0 Å². The molecule has 1 heterocycles. The predicted octanol–water partition coefficient (Wildman–Crippen LogP) is 2.69. The molecule has 0 aliphatic heterocycles. The van der Waals surface area contributed by atoms with E-state index in [9.17, 15) is 0 Å². The van der Waals surface area contributed by atoms with Crippen LogP contribution in [0.15, 0.2) is 0 Å². The Morgan fingerprint density at radius 3 is 2.30 bits per heavy atom. The van der Waals surface area contributed by atoms with Gasteiger partial charge in [0.25, 0.3) is 0 Å². The third kappa shape index (κ3) is 3.95. The van der Waals surface area contributed by atoms with Gasteiger partial charge >= 0.3 is 6.01 Å². The molecule has 0 spiro atoms. The lowest BCUT2D eigenvalue weighted by Crippen LogP contribution is -2.25. The molecule has 0 bridgehead atoms. The van der Waals surface area contributed by atoms with Gasteiger partial charge in [0, 0.05) is 13.1 Å². The van der Waals surface area contributed by atoms with E-state index in [1.165, 1.54) is 25.7 Å². The van der Waals surface area contributed by atoms with Crippen LogP contribution in [0.25, 0.3) is 0 Å². The number of nitrogens with zero attached hydrogens (tertiary/aromatic N) is 3. The number of anilines is 2. The van der Waals surface area contributed by atoms with Crippen molar-refractivity contribution in [1.82, 2.24) is 15.0 Å². The molecule has 2 rings (SSSR count). The van der Waals surface area contributed by atoms with Gasteiger partial charge in [0.15, 0.2) is 0 Å². The van der Waals surface area contributed by atoms with Gasteiger partial charge in [0.05, 0.1) is 6.10 Å². The zero-order valence-electron chi connectivity index (χ0n) is 12.8. The highest BCUT2D eigenvalue weighted by atomic mass is 16.5. The SMILES string of the molecule is CNc1nc(NC(C)C2CCCC2)nc(OC(C)C)n1. The van der Waals surface area contributed by atoms with Gasteiger partial charge < -0.3 is 15.4 Å². The van der Waals surface area contributed by atoms with Crippen molar-refractivity contribution in [2.75, 3.05) is 17.7 Å². The van der Waals surface area contributed by atoms with E-state index < -0.39 is 0 Å². The minimum absolute atomic E-state index is 0.0437. The van der Waals surface area contributed by atoms with Crippen LogP contribution < -0.4 is 15.4 Å². The van der Waals surface area contributed by atoms with Crippen LogP contribution in [0.3, 0.4) is 0 Å². The summed E-state index contributed by atoms with van der Waals surface area (Å²) in [4.78, 5) is 12.9. The topological polar surface area (TPSA) is 72.0 Å². The van der Waals surface area contributed by atoms with Crippen molar-refractivity contribution in [1.29, 1.82) is 0 Å². The lowest BCUT2D eigenvalue weighted by atomic mass is 10.0. The van der Waals surface area contributed by atoms with Crippen LogP contribution in [0, 0.1) is 5.92 Å². The summed E-state index contributed by atoms with van der Waals surface area (Å²) >= 11 is 0. The molecular weight excluding hydrogens is 254 g/mol. The van der Waals surface area contributed by atoms with E-state index in [2.05, 4.69) is 32.5 Å². The Bertz CT molecular complexity index is 432. The highest BCUT2D eigenvalue weighted by molar-refractivity contribution is 5.36. The molecule has 1 unspecified atom stereocenters. The molecule has 0 radical (unpaired) electrons. The number of hydrogen-bond donors (Lipinski definition) is 2. The smallest absolute Gasteiger partial charge is 0.323 e. The van der Waals surface area contributed by atoms with Crippen LogP contribution in [0.5, 0.6) is 6.01 Å². The fraction of sp³-hybridized carbons (Fsp3) is 0.786. The molecule has 2 N–H and O–H groups in total. The summed E-state index contributed by atoms with van der Waals surface area (Å²) in [6.45, 7) is 6.11. The first-order chi connectivity index (χ1) is 9.58. The monoisotopic (exact) mass is 279 g/mol. The fourth-order valence-electron chi connectivity index (χ4n) is 2.58. The zero-order chi connectivity index (χ0) is 14.5. The van der Waals surface area contributed by atoms with Crippen LogP contribution in [-0.4, -0.2) is 34.1 Å². The minimum Gasteiger partial charge on any atom is -0.461 e. The minimum atomic E-state index is 0.0437. The van der Waals surface area contributed by atoms with Gasteiger partial charge in [-0.05, 0) is 39.5 Å². The molecule has 1 fully saturated rings. The van der Waals surface area contributed by atoms with Gasteiger partial charge in [-0.15, -0.1) is 0 Å². The van der Waals surface area contributed by atoms with Crippen LogP contribution in [0.2, 0.25) is 0 Å². The third-order valence-electron chi connectivity index (χ3n) is 3.64. The van der Waals surface area contributed by atoms with Crippen molar-refractivity contribution in [2.24, 2.45) is 5.92 Å². The normalized spacial score (nSPS) is 17.2. The second-order valence-corrected chi connectivity index (χ2v) is 5.66. The molecule has 0 saturated heterocycles. The Morgan fingerprint density at radius 1 is 1.05 bits per heavy atom. The highest BCUT2D eigenvalue weighted by Gasteiger charge is 2.22. The van der Waals surface area contributed by atoms with E-state index in [0.29, 0.717) is 29.9 Å². The predicted molar refractivity (Wildman–Crippen MR) is 80.2 cm³/mol. The van der Waals surface area contributed by atoms with Crippen molar-refractivity contribution in [3.05, 3.63) is 0 Å². The quantitative estimate of drug-likeness (QED) is 0.834. The summed E-state index contributed by atoms with van der Waals surface area (Å²) in [5, 5.41) is 6.33. The molecule has 6 heteroatoms. The maximum Gasteiger partial charge on any atom is 0.323 e. The van der Waals surface area contributed by atoms with Crippen LogP contribution in [0.1, 0.15) is 46.5 Å². The summed E-state index contributed by atoms with van der Waals surface area (Å²) in [6, 6.07) is 0.733. The molecule has 1 aromatic heterocycles. The van der Waals surface area contributed by atoms with E-state index in [4.69, 9.17) is 4.74 Å². The van der Waals surface area contributed by atoms with Crippen LogP contribution in [0.4, 0.5) is 11.9 Å². The summed E-state index contributed by atoms with van der Waals surface area (Å²) in [6.07, 6.45) is 5.28. The third-order valence-corrected chi connectivity index (χ3v) is 3.64. The Labute approximate surface area is 120 Å². The first kappa shape index (κ1) is 14.8. The van der Waals surface area contributed by atoms with Crippen molar-refractivity contribution in [3.63, 3.8) is 0 Å². The van der Waals surface area contributed by atoms with E-state index in [1.54, 1.807) is 7.05 Å². The summed E-state index contributed by atoms with van der Waals surface area (Å²) < 4.78 is 5.56. The molecular formula is C14H25N5O. The van der Waals surface area contributed by atoms with E-state index in [-0.39, 0.29) is 6.10 Å². The van der Waals surface area contributed by atoms with Gasteiger partial charge in [-0.25, -0.2) is 0 Å². The maximum atomic E-state index is 5.56. The lowest BCUT2D eigenvalue weighted by molar-refractivity contribution is 0.222. The molecule has 6 nitrogen and oxygen atoms in total. The first-order valence-electron chi connectivity index (χ1n) is 7.45. The van der Waals surface area contributed by atoms with Gasteiger partial charge in [-0.1, -0.05) is 12.8 Å². The number of ether oxygens (including phenoxy) is 1. The summed E-state index contributed by atoms with van der Waals surface area (Å²) in [7, 11) is 1.79. The number of hydrogen-bond acceptors (Lipinski definition) is 6. The summed E-state index contributed by atoms with van der Waals surface area (Å²) in [5.74, 6) is 1.82. The molecule has 1 aliphatic rings. The van der Waals surface area contributed by atoms with E-state index >= 15 is 0 Å². The Balaban J connectivity index is 2.08. The number of aromatic nitrogens is 3. The average molecular weight is 279 g/mol. The lowest BCUT2D eigenvalue weighted by Gasteiger charge is -2.20. The van der Waals surface area contributed by atoms with E-state index in [1.807, 2.05) is 13.8 Å². The Hall–Kier alpha value is -1.59. The standard InChI is InChI=1S/C14H25N5O/c1-9(2)20-14-18-12(15-4)17-13(19-14)16-10(3)11-7-5-6-8-11/h9-11H,5-8H2,1-4H3,(H2,15,16,17,18,19).